The van der Waals surface area contributed by atoms with Gasteiger partial charge in [-0.15, -0.1) is 0 Å². The van der Waals surface area contributed by atoms with E-state index in [4.69, 9.17) is 21.1 Å². The second-order valence-electron chi connectivity index (χ2n) is 8.68. The van der Waals surface area contributed by atoms with E-state index >= 15 is 0 Å². The Morgan fingerprint density at radius 3 is 2.63 bits per heavy atom. The van der Waals surface area contributed by atoms with Gasteiger partial charge >= 0.3 is 0 Å². The zero-order chi connectivity index (χ0) is 25.0. The Hall–Kier alpha value is -2.45. The first kappa shape index (κ1) is 25.6. The zero-order valence-electron chi connectivity index (χ0n) is 20.1. The van der Waals surface area contributed by atoms with E-state index in [0.29, 0.717) is 35.1 Å². The average Bonchev–Trinajstić information content (AvgIpc) is 2.85. The van der Waals surface area contributed by atoms with E-state index in [2.05, 4.69) is 20.2 Å². The monoisotopic (exact) mass is 521 g/mol. The minimum Gasteiger partial charge on any atom is -0.493 e. The minimum absolute atomic E-state index is 0.0253. The molecular weight excluding hydrogens is 492 g/mol. The van der Waals surface area contributed by atoms with Gasteiger partial charge in [-0.1, -0.05) is 11.6 Å². The van der Waals surface area contributed by atoms with E-state index in [0.717, 1.165) is 43.8 Å². The lowest BCUT2D eigenvalue weighted by Gasteiger charge is -2.35. The van der Waals surface area contributed by atoms with E-state index < -0.39 is 13.1 Å². The average molecular weight is 522 g/mol. The molecule has 0 aliphatic carbocycles. The molecule has 0 atom stereocenters. The van der Waals surface area contributed by atoms with Crippen LogP contribution in [0, 0.1) is 5.82 Å². The number of nitrogens with one attached hydrogen (secondary N) is 1. The van der Waals surface area contributed by atoms with Crippen LogP contribution in [0.3, 0.4) is 0 Å². The van der Waals surface area contributed by atoms with Crippen molar-refractivity contribution < 1.29 is 18.4 Å². The largest absolute Gasteiger partial charge is 0.493 e. The van der Waals surface area contributed by atoms with Crippen molar-refractivity contribution >= 4 is 41.3 Å². The molecule has 8 nitrogen and oxygen atoms in total. The summed E-state index contributed by atoms with van der Waals surface area (Å²) >= 11 is 5.91. The van der Waals surface area contributed by atoms with E-state index in [1.807, 2.05) is 24.8 Å². The molecule has 0 spiro atoms. The molecule has 1 N–H and O–H groups in total. The number of fused-ring (bicyclic) bond motifs is 1. The van der Waals surface area contributed by atoms with Crippen LogP contribution in [0.25, 0.3) is 10.9 Å². The molecule has 3 aromatic rings. The summed E-state index contributed by atoms with van der Waals surface area (Å²) < 4.78 is 39.8. The van der Waals surface area contributed by atoms with E-state index in [1.165, 1.54) is 18.5 Å². The van der Waals surface area contributed by atoms with Crippen LogP contribution in [0.2, 0.25) is 5.02 Å². The van der Waals surface area contributed by atoms with Gasteiger partial charge in [0.05, 0.1) is 24.3 Å². The van der Waals surface area contributed by atoms with Crippen LogP contribution in [-0.4, -0.2) is 79.3 Å². The topological polar surface area (TPSA) is 79.8 Å². The highest BCUT2D eigenvalue weighted by atomic mass is 35.5. The van der Waals surface area contributed by atoms with Crippen molar-refractivity contribution in [1.29, 1.82) is 0 Å². The van der Waals surface area contributed by atoms with Crippen LogP contribution in [0.15, 0.2) is 36.7 Å². The summed E-state index contributed by atoms with van der Waals surface area (Å²) in [6.07, 6.45) is 3.74. The van der Waals surface area contributed by atoms with Gasteiger partial charge in [-0.05, 0) is 44.8 Å². The number of hydrogen-bond donors (Lipinski definition) is 1. The number of benzene rings is 2. The first-order valence-corrected chi connectivity index (χ1v) is 13.9. The van der Waals surface area contributed by atoms with Gasteiger partial charge in [0.15, 0.2) is 18.8 Å². The van der Waals surface area contributed by atoms with Crippen molar-refractivity contribution in [3.63, 3.8) is 0 Å². The third-order valence-corrected chi connectivity index (χ3v) is 9.78. The fourth-order valence-corrected chi connectivity index (χ4v) is 6.45. The van der Waals surface area contributed by atoms with Gasteiger partial charge in [0, 0.05) is 49.1 Å². The van der Waals surface area contributed by atoms with Crippen molar-refractivity contribution in [2.75, 3.05) is 65.1 Å². The van der Waals surface area contributed by atoms with Gasteiger partial charge in [-0.25, -0.2) is 14.4 Å². The van der Waals surface area contributed by atoms with E-state index in [9.17, 15) is 8.96 Å². The molecule has 1 aromatic heterocycles. The Bertz CT molecular complexity index is 1230. The van der Waals surface area contributed by atoms with E-state index in [-0.39, 0.29) is 5.02 Å². The number of methoxy groups -OCH3 is 1. The van der Waals surface area contributed by atoms with Crippen molar-refractivity contribution in [3.05, 3.63) is 47.5 Å². The maximum Gasteiger partial charge on any atom is 0.162 e. The van der Waals surface area contributed by atoms with Crippen LogP contribution in [0.1, 0.15) is 6.42 Å². The summed E-state index contributed by atoms with van der Waals surface area (Å²) in [6.45, 7) is 3.07. The molecule has 0 unspecified atom stereocenters. The second kappa shape index (κ2) is 11.1. The molecule has 4 rings (SSSR count). The Balaban J connectivity index is 1.42. The fraction of sp³-hybridized carbons (Fsp3) is 0.417. The minimum atomic E-state index is -2.18. The maximum atomic E-state index is 13.5. The van der Waals surface area contributed by atoms with Crippen LogP contribution in [0.4, 0.5) is 15.9 Å². The van der Waals surface area contributed by atoms with Gasteiger partial charge < -0.3 is 24.3 Å². The summed E-state index contributed by atoms with van der Waals surface area (Å²) in [6, 6.07) is 8.04. The summed E-state index contributed by atoms with van der Waals surface area (Å²) in [7, 11) is 3.22. The Labute approximate surface area is 209 Å². The van der Waals surface area contributed by atoms with Crippen LogP contribution >= 0.6 is 18.9 Å². The molecule has 0 amide bonds. The zero-order valence-corrected chi connectivity index (χ0v) is 21.8. The van der Waals surface area contributed by atoms with Crippen molar-refractivity contribution in [2.24, 2.45) is 0 Å². The molecule has 1 aliphatic rings. The number of hydrogen-bond acceptors (Lipinski definition) is 7. The third kappa shape index (κ3) is 6.04. The summed E-state index contributed by atoms with van der Waals surface area (Å²) in [5.41, 5.74) is 1.29. The number of ether oxygens (including phenoxy) is 2. The van der Waals surface area contributed by atoms with Crippen molar-refractivity contribution in [1.82, 2.24) is 19.5 Å². The van der Waals surface area contributed by atoms with Crippen molar-refractivity contribution in [3.8, 4) is 11.5 Å². The predicted octanol–water partition coefficient (Wildman–Crippen LogP) is 5.10. The van der Waals surface area contributed by atoms with Crippen LogP contribution in [-0.2, 0) is 4.57 Å². The predicted molar refractivity (Wildman–Crippen MR) is 138 cm³/mol. The molecule has 0 bridgehead atoms. The third-order valence-electron chi connectivity index (χ3n) is 6.24. The molecule has 1 fully saturated rings. The highest BCUT2D eigenvalue weighted by molar-refractivity contribution is 7.61. The molecule has 0 radical (unpaired) electrons. The Kier molecular flexibility index (Phi) is 8.12. The molecule has 2 heterocycles. The number of anilines is 2. The number of rotatable bonds is 9. The first-order valence-electron chi connectivity index (χ1n) is 11.4. The normalized spacial score (nSPS) is 15.9. The second-order valence-corrected chi connectivity index (χ2v) is 12.5. The molecule has 1 saturated heterocycles. The molecule has 1 aliphatic heterocycles. The lowest BCUT2D eigenvalue weighted by Crippen LogP contribution is -2.38. The first-order chi connectivity index (χ1) is 16.8. The van der Waals surface area contributed by atoms with Crippen molar-refractivity contribution in [2.45, 2.75) is 6.42 Å². The highest BCUT2D eigenvalue weighted by Crippen LogP contribution is 2.48. The van der Waals surface area contributed by atoms with Gasteiger partial charge in [0.1, 0.15) is 18.0 Å². The Morgan fingerprint density at radius 1 is 1.17 bits per heavy atom. The maximum absolute atomic E-state index is 13.5. The summed E-state index contributed by atoms with van der Waals surface area (Å²) in [5, 5.41) is 3.93. The van der Waals surface area contributed by atoms with Gasteiger partial charge in [-0.3, -0.25) is 4.67 Å². The molecule has 11 heteroatoms. The molecule has 35 heavy (non-hydrogen) atoms. The SMILES string of the molecule is COc1cc2ncnc(Nc3ccc(F)c(Cl)c3)c2cc1OCCCN1CCP(=O)(N(C)C)CC1. The standard InChI is InChI=1S/C24H30ClFN5O3P/c1-30(2)35(32)11-8-31(9-12-35)7-4-10-34-23-14-18-21(15-22(23)33-3)27-16-28-24(18)29-17-5-6-20(26)19(25)13-17/h5-6,13-16H,4,7-12H2,1-3H3,(H,27,28,29). The molecule has 0 saturated carbocycles. The summed E-state index contributed by atoms with van der Waals surface area (Å²) in [4.78, 5) is 11.0. The number of halogens is 2. The summed E-state index contributed by atoms with van der Waals surface area (Å²) in [5.74, 6) is 1.23. The smallest absolute Gasteiger partial charge is 0.162 e. The quantitative estimate of drug-likeness (QED) is 0.308. The van der Waals surface area contributed by atoms with Crippen LogP contribution < -0.4 is 14.8 Å². The highest BCUT2D eigenvalue weighted by Gasteiger charge is 2.30. The van der Waals surface area contributed by atoms with Gasteiger partial charge in [-0.2, -0.15) is 0 Å². The van der Waals surface area contributed by atoms with E-state index in [1.54, 1.807) is 19.2 Å². The fourth-order valence-electron chi connectivity index (χ4n) is 4.06. The number of aromatic nitrogens is 2. The molecule has 2 aromatic carbocycles. The lowest BCUT2D eigenvalue weighted by atomic mass is 10.2. The lowest BCUT2D eigenvalue weighted by molar-refractivity contribution is 0.238. The van der Waals surface area contributed by atoms with Gasteiger partial charge in [0.2, 0.25) is 0 Å². The van der Waals surface area contributed by atoms with Crippen LogP contribution in [0.5, 0.6) is 11.5 Å². The Morgan fingerprint density at radius 2 is 1.94 bits per heavy atom. The molecule has 188 valence electrons. The molecular formula is C24H30ClFN5O3P. The number of nitrogens with zero attached hydrogens (tertiary/aromatic N) is 4. The van der Waals surface area contributed by atoms with Gasteiger partial charge in [0.25, 0.3) is 0 Å².